The van der Waals surface area contributed by atoms with Gasteiger partial charge in [-0.2, -0.15) is 0 Å². The predicted octanol–water partition coefficient (Wildman–Crippen LogP) is 2.13. The first kappa shape index (κ1) is 15.1. The molecule has 0 fully saturated rings. The van der Waals surface area contributed by atoms with Gasteiger partial charge in [0.25, 0.3) is 0 Å². The first-order chi connectivity index (χ1) is 8.91. The van der Waals surface area contributed by atoms with E-state index in [1.807, 2.05) is 0 Å². The number of aliphatic hydroxyl groups is 1. The number of hydrogen-bond donors (Lipinski definition) is 1. The Morgan fingerprint density at radius 2 is 1.89 bits per heavy atom. The summed E-state index contributed by atoms with van der Waals surface area (Å²) in [6.45, 7) is 6.84. The average Bonchev–Trinajstić information content (AvgIpc) is 2.39. The van der Waals surface area contributed by atoms with E-state index < -0.39 is 11.6 Å². The Balaban J connectivity index is 2.94. The van der Waals surface area contributed by atoms with Crippen LogP contribution in [0.3, 0.4) is 0 Å². The van der Waals surface area contributed by atoms with Crippen LogP contribution in [-0.2, 0) is 9.53 Å². The van der Waals surface area contributed by atoms with Crippen LogP contribution in [0.25, 0.3) is 0 Å². The molecule has 4 nitrogen and oxygen atoms in total. The molecule has 1 atom stereocenters. The fourth-order valence-corrected chi connectivity index (χ4v) is 1.61. The van der Waals surface area contributed by atoms with Crippen molar-refractivity contribution in [1.82, 2.24) is 0 Å². The van der Waals surface area contributed by atoms with Gasteiger partial charge in [-0.1, -0.05) is 36.9 Å². The highest BCUT2D eigenvalue weighted by atomic mass is 16.5. The molecule has 0 aliphatic carbocycles. The average molecular weight is 262 g/mol. The van der Waals surface area contributed by atoms with E-state index in [4.69, 9.17) is 4.74 Å². The summed E-state index contributed by atoms with van der Waals surface area (Å²) < 4.78 is 4.80. The summed E-state index contributed by atoms with van der Waals surface area (Å²) in [5.41, 5.74) is -1.34. The van der Waals surface area contributed by atoms with Crippen LogP contribution in [-0.4, -0.2) is 29.1 Å². The molecular weight excluding hydrogens is 244 g/mol. The Bertz CT molecular complexity index is 478. The second-order valence-electron chi connectivity index (χ2n) is 4.33. The normalized spacial score (nSPS) is 13.4. The molecule has 102 valence electrons. The molecule has 1 aromatic rings. The highest BCUT2D eigenvalue weighted by molar-refractivity contribution is 6.00. The van der Waals surface area contributed by atoms with E-state index >= 15 is 0 Å². The van der Waals surface area contributed by atoms with E-state index in [2.05, 4.69) is 6.58 Å². The Kier molecular flexibility index (Phi) is 5.01. The maximum atomic E-state index is 12.1. The van der Waals surface area contributed by atoms with Gasteiger partial charge in [0.2, 0.25) is 0 Å². The molecule has 1 N–H and O–H groups in total. The van der Waals surface area contributed by atoms with Crippen molar-refractivity contribution < 1.29 is 19.4 Å². The Morgan fingerprint density at radius 1 is 1.32 bits per heavy atom. The topological polar surface area (TPSA) is 63.6 Å². The van der Waals surface area contributed by atoms with Gasteiger partial charge in [-0.05, 0) is 19.4 Å². The van der Waals surface area contributed by atoms with Gasteiger partial charge < -0.3 is 9.84 Å². The Hall–Kier alpha value is -1.94. The summed E-state index contributed by atoms with van der Waals surface area (Å²) in [6.07, 6.45) is -0.370. The summed E-state index contributed by atoms with van der Waals surface area (Å²) in [5.74, 6) is -1.18. The van der Waals surface area contributed by atoms with Crippen molar-refractivity contribution >= 4 is 11.8 Å². The SMILES string of the molecule is C=C(C)[C@@](O)(CC(=O)c1ccccc1)C(=O)OCC. The summed E-state index contributed by atoms with van der Waals surface area (Å²) in [5, 5.41) is 10.3. The number of ether oxygens (including phenoxy) is 1. The molecular formula is C15H18O4. The largest absolute Gasteiger partial charge is 0.464 e. The van der Waals surface area contributed by atoms with Gasteiger partial charge in [0.1, 0.15) is 0 Å². The maximum Gasteiger partial charge on any atom is 0.342 e. The molecule has 1 rings (SSSR count). The fourth-order valence-electron chi connectivity index (χ4n) is 1.61. The number of carbonyl (C=O) groups is 2. The Labute approximate surface area is 112 Å². The monoisotopic (exact) mass is 262 g/mol. The van der Waals surface area contributed by atoms with Crippen LogP contribution in [0, 0.1) is 0 Å². The lowest BCUT2D eigenvalue weighted by molar-refractivity contribution is -0.160. The molecule has 1 aromatic carbocycles. The van der Waals surface area contributed by atoms with Crippen LogP contribution >= 0.6 is 0 Å². The lowest BCUT2D eigenvalue weighted by Crippen LogP contribution is -2.43. The molecule has 4 heteroatoms. The summed E-state index contributed by atoms with van der Waals surface area (Å²) in [7, 11) is 0. The summed E-state index contributed by atoms with van der Waals surface area (Å²) in [6, 6.07) is 8.49. The first-order valence-corrected chi connectivity index (χ1v) is 6.05. The minimum Gasteiger partial charge on any atom is -0.464 e. The van der Waals surface area contributed by atoms with Crippen molar-refractivity contribution in [3.8, 4) is 0 Å². The van der Waals surface area contributed by atoms with Gasteiger partial charge in [-0.3, -0.25) is 4.79 Å². The minimum absolute atomic E-state index is 0.133. The van der Waals surface area contributed by atoms with Crippen LogP contribution in [0.5, 0.6) is 0 Å². The quantitative estimate of drug-likeness (QED) is 0.484. The van der Waals surface area contributed by atoms with Crippen molar-refractivity contribution in [2.75, 3.05) is 6.61 Å². The molecule has 0 unspecified atom stereocenters. The molecule has 0 aliphatic heterocycles. The van der Waals surface area contributed by atoms with Gasteiger partial charge in [0, 0.05) is 5.56 Å². The standard InChI is InChI=1S/C15H18O4/c1-4-19-14(17)15(18,11(2)3)10-13(16)12-8-6-5-7-9-12/h5-9,18H,2,4,10H2,1,3H3/t15-/m0/s1. The smallest absolute Gasteiger partial charge is 0.342 e. The summed E-state index contributed by atoms with van der Waals surface area (Å²) in [4.78, 5) is 23.9. The van der Waals surface area contributed by atoms with Crippen molar-refractivity contribution in [3.63, 3.8) is 0 Å². The molecule has 0 amide bonds. The number of hydrogen-bond acceptors (Lipinski definition) is 4. The highest BCUT2D eigenvalue weighted by Crippen LogP contribution is 2.23. The van der Waals surface area contributed by atoms with Crippen molar-refractivity contribution in [3.05, 3.63) is 48.0 Å². The van der Waals surface area contributed by atoms with E-state index in [1.54, 1.807) is 37.3 Å². The first-order valence-electron chi connectivity index (χ1n) is 6.05. The third kappa shape index (κ3) is 3.51. The lowest BCUT2D eigenvalue weighted by atomic mass is 9.88. The molecule has 19 heavy (non-hydrogen) atoms. The van der Waals surface area contributed by atoms with Gasteiger partial charge in [0.15, 0.2) is 11.4 Å². The molecule has 0 saturated carbocycles. The molecule has 0 bridgehead atoms. The fraction of sp³-hybridized carbons (Fsp3) is 0.333. The third-order valence-electron chi connectivity index (χ3n) is 2.83. The van der Waals surface area contributed by atoms with Gasteiger partial charge in [0.05, 0.1) is 13.0 Å². The van der Waals surface area contributed by atoms with E-state index in [9.17, 15) is 14.7 Å². The third-order valence-corrected chi connectivity index (χ3v) is 2.83. The number of ketones is 1. The van der Waals surface area contributed by atoms with E-state index in [0.717, 1.165) is 0 Å². The Morgan fingerprint density at radius 3 is 2.37 bits per heavy atom. The molecule has 0 saturated heterocycles. The van der Waals surface area contributed by atoms with Gasteiger partial charge >= 0.3 is 5.97 Å². The number of carbonyl (C=O) groups excluding carboxylic acids is 2. The van der Waals surface area contributed by atoms with Crippen LogP contribution in [0.4, 0.5) is 0 Å². The molecule has 0 aliphatic rings. The number of Topliss-reactive ketones (excluding diaryl/α,β-unsaturated/α-hetero) is 1. The van der Waals surface area contributed by atoms with Crippen molar-refractivity contribution in [1.29, 1.82) is 0 Å². The maximum absolute atomic E-state index is 12.1. The second kappa shape index (κ2) is 6.29. The highest BCUT2D eigenvalue weighted by Gasteiger charge is 2.40. The molecule has 0 aromatic heterocycles. The lowest BCUT2D eigenvalue weighted by Gasteiger charge is -2.25. The van der Waals surface area contributed by atoms with Crippen molar-refractivity contribution in [2.24, 2.45) is 0 Å². The zero-order valence-electron chi connectivity index (χ0n) is 11.2. The molecule has 0 heterocycles. The zero-order chi connectivity index (χ0) is 14.5. The van der Waals surface area contributed by atoms with E-state index in [0.29, 0.717) is 5.56 Å². The zero-order valence-corrected chi connectivity index (χ0v) is 11.2. The minimum atomic E-state index is -1.97. The van der Waals surface area contributed by atoms with Crippen molar-refractivity contribution in [2.45, 2.75) is 25.9 Å². The van der Waals surface area contributed by atoms with Crippen LogP contribution in [0.2, 0.25) is 0 Å². The van der Waals surface area contributed by atoms with Crippen LogP contribution < -0.4 is 0 Å². The predicted molar refractivity (Wildman–Crippen MR) is 71.8 cm³/mol. The van der Waals surface area contributed by atoms with Gasteiger partial charge in [-0.15, -0.1) is 0 Å². The van der Waals surface area contributed by atoms with Gasteiger partial charge in [-0.25, -0.2) is 4.79 Å². The van der Waals surface area contributed by atoms with Crippen LogP contribution in [0.15, 0.2) is 42.5 Å². The number of benzene rings is 1. The number of esters is 1. The summed E-state index contributed by atoms with van der Waals surface area (Å²) >= 11 is 0. The number of rotatable bonds is 6. The van der Waals surface area contributed by atoms with Crippen LogP contribution in [0.1, 0.15) is 30.6 Å². The molecule has 0 spiro atoms. The van der Waals surface area contributed by atoms with E-state index in [1.165, 1.54) is 6.92 Å². The van der Waals surface area contributed by atoms with E-state index in [-0.39, 0.29) is 24.4 Å². The molecule has 0 radical (unpaired) electrons. The second-order valence-corrected chi connectivity index (χ2v) is 4.33.